The van der Waals surface area contributed by atoms with Crippen LogP contribution in [0.1, 0.15) is 19.2 Å². The number of hydrogen-bond donors (Lipinski definition) is 3. The molecule has 36 heavy (non-hydrogen) atoms. The predicted molar refractivity (Wildman–Crippen MR) is 137 cm³/mol. The first-order valence-electron chi connectivity index (χ1n) is 11.6. The third-order valence-electron chi connectivity index (χ3n) is 6.34. The van der Waals surface area contributed by atoms with Gasteiger partial charge in [-0.25, -0.2) is 4.98 Å². The maximum atomic E-state index is 14.2. The number of imidazole rings is 1. The molecule has 10 heteroatoms. The van der Waals surface area contributed by atoms with E-state index in [1.54, 1.807) is 27.3 Å². The Kier molecular flexibility index (Phi) is 7.16. The molecule has 0 spiro atoms. The van der Waals surface area contributed by atoms with Crippen LogP contribution in [0.15, 0.2) is 48.3 Å². The van der Waals surface area contributed by atoms with E-state index in [4.69, 9.17) is 19.2 Å². The SMILES string of the molecule is CNC1=C(c2nc3ccccc3[nH]2)C(=O)C(C)(CCNC(=O)COC)N1c1cc(OC)cc(OC)c1. The first-order valence-corrected chi connectivity index (χ1v) is 11.6. The summed E-state index contributed by atoms with van der Waals surface area (Å²) < 4.78 is 15.9. The van der Waals surface area contributed by atoms with Gasteiger partial charge in [0, 0.05) is 38.9 Å². The lowest BCUT2D eigenvalue weighted by atomic mass is 9.89. The number of methoxy groups -OCH3 is 3. The van der Waals surface area contributed by atoms with Crippen molar-refractivity contribution in [1.29, 1.82) is 0 Å². The Morgan fingerprint density at radius 2 is 1.81 bits per heavy atom. The number of anilines is 1. The number of aromatic amines is 1. The van der Waals surface area contributed by atoms with Gasteiger partial charge in [0.25, 0.3) is 0 Å². The summed E-state index contributed by atoms with van der Waals surface area (Å²) in [4.78, 5) is 36.1. The third-order valence-corrected chi connectivity index (χ3v) is 6.34. The minimum atomic E-state index is -1.05. The molecule has 0 radical (unpaired) electrons. The monoisotopic (exact) mass is 493 g/mol. The van der Waals surface area contributed by atoms with Crippen molar-refractivity contribution in [3.05, 3.63) is 54.1 Å². The van der Waals surface area contributed by atoms with Crippen LogP contribution in [0.4, 0.5) is 5.69 Å². The summed E-state index contributed by atoms with van der Waals surface area (Å²) in [5, 5.41) is 6.05. The number of carbonyl (C=O) groups is 2. The zero-order valence-corrected chi connectivity index (χ0v) is 21.1. The molecule has 10 nitrogen and oxygen atoms in total. The van der Waals surface area contributed by atoms with E-state index in [2.05, 4.69) is 15.6 Å². The molecule has 1 amide bonds. The quantitative estimate of drug-likeness (QED) is 0.394. The molecule has 2 heterocycles. The van der Waals surface area contributed by atoms with Gasteiger partial charge in [-0.2, -0.15) is 0 Å². The first-order chi connectivity index (χ1) is 17.4. The number of para-hydroxylation sites is 2. The van der Waals surface area contributed by atoms with Gasteiger partial charge in [0.05, 0.1) is 30.9 Å². The van der Waals surface area contributed by atoms with E-state index in [0.29, 0.717) is 40.8 Å². The van der Waals surface area contributed by atoms with Gasteiger partial charge in [0.2, 0.25) is 5.91 Å². The minimum Gasteiger partial charge on any atom is -0.497 e. The Labute approximate surface area is 209 Å². The van der Waals surface area contributed by atoms with Crippen LogP contribution in [0.25, 0.3) is 16.6 Å². The molecule has 1 aromatic heterocycles. The van der Waals surface area contributed by atoms with Crippen molar-refractivity contribution in [3.63, 3.8) is 0 Å². The average molecular weight is 494 g/mol. The highest BCUT2D eigenvalue weighted by molar-refractivity contribution is 6.30. The van der Waals surface area contributed by atoms with E-state index in [1.165, 1.54) is 7.11 Å². The molecule has 0 aliphatic carbocycles. The summed E-state index contributed by atoms with van der Waals surface area (Å²) in [6.45, 7) is 2.08. The fourth-order valence-corrected chi connectivity index (χ4v) is 4.55. The van der Waals surface area contributed by atoms with Gasteiger partial charge in [-0.05, 0) is 25.5 Å². The Bertz CT molecular complexity index is 1260. The van der Waals surface area contributed by atoms with E-state index in [-0.39, 0.29) is 24.8 Å². The third kappa shape index (κ3) is 4.47. The number of fused-ring (bicyclic) bond motifs is 1. The fraction of sp³-hybridized carbons (Fsp3) is 0.346. The topological polar surface area (TPSA) is 118 Å². The number of aromatic nitrogens is 2. The van der Waals surface area contributed by atoms with Gasteiger partial charge in [-0.3, -0.25) is 9.59 Å². The Morgan fingerprint density at radius 3 is 2.42 bits per heavy atom. The second-order valence-corrected chi connectivity index (χ2v) is 8.62. The van der Waals surface area contributed by atoms with E-state index < -0.39 is 5.54 Å². The highest BCUT2D eigenvalue weighted by Crippen LogP contribution is 2.44. The maximum Gasteiger partial charge on any atom is 0.245 e. The van der Waals surface area contributed by atoms with Crippen LogP contribution in [-0.4, -0.2) is 68.7 Å². The molecule has 190 valence electrons. The van der Waals surface area contributed by atoms with Crippen molar-refractivity contribution >= 4 is 34.0 Å². The van der Waals surface area contributed by atoms with Crippen LogP contribution >= 0.6 is 0 Å². The second kappa shape index (κ2) is 10.3. The minimum absolute atomic E-state index is 0.0499. The van der Waals surface area contributed by atoms with Crippen LogP contribution in [0, 0.1) is 0 Å². The summed E-state index contributed by atoms with van der Waals surface area (Å²) >= 11 is 0. The van der Waals surface area contributed by atoms with Crippen molar-refractivity contribution < 1.29 is 23.8 Å². The lowest BCUT2D eigenvalue weighted by Crippen LogP contribution is -2.50. The number of ketones is 1. The molecule has 1 unspecified atom stereocenters. The maximum absolute atomic E-state index is 14.2. The largest absolute Gasteiger partial charge is 0.497 e. The Balaban J connectivity index is 1.84. The average Bonchev–Trinajstić information content (AvgIpc) is 3.40. The van der Waals surface area contributed by atoms with Crippen molar-refractivity contribution in [2.75, 3.05) is 46.4 Å². The molecule has 1 atom stereocenters. The van der Waals surface area contributed by atoms with Crippen LogP contribution in [0.3, 0.4) is 0 Å². The van der Waals surface area contributed by atoms with Crippen molar-refractivity contribution in [1.82, 2.24) is 20.6 Å². The zero-order chi connectivity index (χ0) is 25.9. The van der Waals surface area contributed by atoms with E-state index in [9.17, 15) is 9.59 Å². The standard InChI is InChI=1S/C26H31N5O5/c1-26(10-11-28-21(32)15-34-3)23(33)22(24-29-19-8-6-7-9-20(19)30-24)25(27-2)31(26)16-12-17(35-4)14-18(13-16)36-5/h6-9,12-14,27H,10-11,15H2,1-5H3,(H,28,32)(H,29,30). The van der Waals surface area contributed by atoms with Crippen LogP contribution in [0.5, 0.6) is 11.5 Å². The number of carbonyl (C=O) groups excluding carboxylic acids is 2. The van der Waals surface area contributed by atoms with E-state index in [0.717, 1.165) is 11.0 Å². The molecule has 1 aliphatic heterocycles. The fourth-order valence-electron chi connectivity index (χ4n) is 4.55. The predicted octanol–water partition coefficient (Wildman–Crippen LogP) is 2.47. The number of amides is 1. The molecule has 3 N–H and O–H groups in total. The van der Waals surface area contributed by atoms with Crippen molar-refractivity contribution in [2.24, 2.45) is 0 Å². The molecule has 2 aromatic carbocycles. The van der Waals surface area contributed by atoms with Gasteiger partial charge in [0.15, 0.2) is 5.78 Å². The molecule has 0 fully saturated rings. The number of H-pyrrole nitrogens is 1. The molecular weight excluding hydrogens is 462 g/mol. The molecular formula is C26H31N5O5. The molecule has 4 rings (SSSR count). The highest BCUT2D eigenvalue weighted by atomic mass is 16.5. The van der Waals surface area contributed by atoms with Crippen molar-refractivity contribution in [3.8, 4) is 11.5 Å². The summed E-state index contributed by atoms with van der Waals surface area (Å²) in [5.41, 5.74) is 1.67. The molecule has 3 aromatic rings. The lowest BCUT2D eigenvalue weighted by molar-refractivity contribution is -0.125. The van der Waals surface area contributed by atoms with E-state index >= 15 is 0 Å². The van der Waals surface area contributed by atoms with E-state index in [1.807, 2.05) is 48.2 Å². The second-order valence-electron chi connectivity index (χ2n) is 8.62. The number of benzene rings is 2. The van der Waals surface area contributed by atoms with Crippen LogP contribution < -0.4 is 25.0 Å². The number of nitrogens with zero attached hydrogens (tertiary/aromatic N) is 2. The smallest absolute Gasteiger partial charge is 0.245 e. The number of Topliss-reactive ketones (excluding diaryl/α,β-unsaturated/α-hetero) is 1. The number of hydrogen-bond acceptors (Lipinski definition) is 8. The van der Waals surface area contributed by atoms with Gasteiger partial charge in [0.1, 0.15) is 40.9 Å². The summed E-state index contributed by atoms with van der Waals surface area (Å²) in [6.07, 6.45) is 0.329. The van der Waals surface area contributed by atoms with Gasteiger partial charge >= 0.3 is 0 Å². The summed E-state index contributed by atoms with van der Waals surface area (Å²) in [7, 11) is 6.38. The molecule has 1 aliphatic rings. The van der Waals surface area contributed by atoms with Gasteiger partial charge in [-0.15, -0.1) is 0 Å². The normalized spacial score (nSPS) is 17.6. The highest BCUT2D eigenvalue weighted by Gasteiger charge is 2.51. The van der Waals surface area contributed by atoms with Crippen molar-refractivity contribution in [2.45, 2.75) is 18.9 Å². The Hall–Kier alpha value is -4.05. The summed E-state index contributed by atoms with van der Waals surface area (Å²) in [5.74, 6) is 1.84. The zero-order valence-electron chi connectivity index (χ0n) is 21.1. The lowest BCUT2D eigenvalue weighted by Gasteiger charge is -2.37. The molecule has 0 saturated carbocycles. The van der Waals surface area contributed by atoms with Gasteiger partial charge < -0.3 is 34.7 Å². The number of ether oxygens (including phenoxy) is 3. The van der Waals surface area contributed by atoms with Gasteiger partial charge in [-0.1, -0.05) is 12.1 Å². The number of nitrogens with one attached hydrogen (secondary N) is 3. The van der Waals surface area contributed by atoms with Crippen LogP contribution in [-0.2, 0) is 14.3 Å². The number of rotatable bonds is 10. The van der Waals surface area contributed by atoms with Crippen LogP contribution in [0.2, 0.25) is 0 Å². The molecule has 0 saturated heterocycles. The first kappa shape index (κ1) is 25.1. The molecule has 0 bridgehead atoms. The summed E-state index contributed by atoms with van der Waals surface area (Å²) in [6, 6.07) is 13.1. The Morgan fingerprint density at radius 1 is 1.11 bits per heavy atom.